The SMILES string of the molecule is CCN(CC1CCC1)C(=O)NC(CC(=O)O)C(C)C. The zero-order chi connectivity index (χ0) is 14.4. The summed E-state index contributed by atoms with van der Waals surface area (Å²) < 4.78 is 0. The van der Waals surface area contributed by atoms with Gasteiger partial charge in [-0.2, -0.15) is 0 Å². The number of hydrogen-bond acceptors (Lipinski definition) is 2. The predicted octanol–water partition coefficient (Wildman–Crippen LogP) is 2.32. The topological polar surface area (TPSA) is 69.6 Å². The first-order chi connectivity index (χ1) is 8.93. The summed E-state index contributed by atoms with van der Waals surface area (Å²) in [4.78, 5) is 24.8. The molecule has 1 fully saturated rings. The molecule has 1 rings (SSSR count). The summed E-state index contributed by atoms with van der Waals surface area (Å²) in [7, 11) is 0. The van der Waals surface area contributed by atoms with Crippen molar-refractivity contribution in [3.05, 3.63) is 0 Å². The second-order valence-corrected chi connectivity index (χ2v) is 5.73. The maximum absolute atomic E-state index is 12.2. The lowest BCUT2D eigenvalue weighted by Crippen LogP contribution is -2.49. The zero-order valence-corrected chi connectivity index (χ0v) is 12.2. The molecule has 0 radical (unpaired) electrons. The van der Waals surface area contributed by atoms with E-state index in [9.17, 15) is 9.59 Å². The summed E-state index contributed by atoms with van der Waals surface area (Å²) in [6, 6.07) is -0.435. The largest absolute Gasteiger partial charge is 0.481 e. The molecule has 5 nitrogen and oxygen atoms in total. The third-order valence-corrected chi connectivity index (χ3v) is 3.88. The molecule has 0 spiro atoms. The highest BCUT2D eigenvalue weighted by atomic mass is 16.4. The number of amides is 2. The maximum atomic E-state index is 12.2. The summed E-state index contributed by atoms with van der Waals surface area (Å²) in [6.45, 7) is 7.27. The monoisotopic (exact) mass is 270 g/mol. The lowest BCUT2D eigenvalue weighted by atomic mass is 9.85. The second kappa shape index (κ2) is 7.36. The van der Waals surface area contributed by atoms with Gasteiger partial charge in [-0.3, -0.25) is 4.79 Å². The minimum absolute atomic E-state index is 0.0234. The van der Waals surface area contributed by atoms with E-state index in [2.05, 4.69) is 5.32 Å². The van der Waals surface area contributed by atoms with E-state index in [1.54, 1.807) is 4.90 Å². The Hall–Kier alpha value is -1.26. The fraction of sp³-hybridized carbons (Fsp3) is 0.857. The minimum Gasteiger partial charge on any atom is -0.481 e. The van der Waals surface area contributed by atoms with Crippen LogP contribution in [-0.4, -0.2) is 41.1 Å². The molecule has 0 aromatic carbocycles. The molecule has 0 saturated heterocycles. The fourth-order valence-electron chi connectivity index (χ4n) is 2.23. The molecule has 0 heterocycles. The third kappa shape index (κ3) is 5.09. The Labute approximate surface area is 115 Å². The van der Waals surface area contributed by atoms with Crippen LogP contribution in [0.1, 0.15) is 46.5 Å². The average Bonchev–Trinajstić information content (AvgIpc) is 2.25. The van der Waals surface area contributed by atoms with E-state index in [0.29, 0.717) is 12.5 Å². The molecule has 0 aliphatic heterocycles. The van der Waals surface area contributed by atoms with Crippen molar-refractivity contribution in [2.75, 3.05) is 13.1 Å². The number of rotatable bonds is 7. The predicted molar refractivity (Wildman–Crippen MR) is 74.0 cm³/mol. The van der Waals surface area contributed by atoms with Gasteiger partial charge in [0.05, 0.1) is 6.42 Å². The van der Waals surface area contributed by atoms with Crippen LogP contribution in [0.2, 0.25) is 0 Å². The van der Waals surface area contributed by atoms with Gasteiger partial charge in [0.1, 0.15) is 0 Å². The first-order valence-corrected chi connectivity index (χ1v) is 7.21. The number of carbonyl (C=O) groups excluding carboxylic acids is 1. The molecule has 1 unspecified atom stereocenters. The molecule has 2 N–H and O–H groups in total. The van der Waals surface area contributed by atoms with Gasteiger partial charge >= 0.3 is 12.0 Å². The number of carbonyl (C=O) groups is 2. The maximum Gasteiger partial charge on any atom is 0.317 e. The molecule has 1 aliphatic carbocycles. The van der Waals surface area contributed by atoms with Gasteiger partial charge < -0.3 is 15.3 Å². The van der Waals surface area contributed by atoms with Crippen LogP contribution in [0.15, 0.2) is 0 Å². The summed E-state index contributed by atoms with van der Waals surface area (Å²) in [6.07, 6.45) is 3.64. The number of hydrogen-bond donors (Lipinski definition) is 2. The summed E-state index contributed by atoms with van der Waals surface area (Å²) in [5.41, 5.74) is 0. The second-order valence-electron chi connectivity index (χ2n) is 5.73. The van der Waals surface area contributed by atoms with E-state index in [0.717, 1.165) is 6.54 Å². The standard InChI is InChI=1S/C14H26N2O3/c1-4-16(9-11-6-5-7-11)14(19)15-12(10(2)3)8-13(17)18/h10-12H,4-9H2,1-3H3,(H,15,19)(H,17,18). The van der Waals surface area contributed by atoms with E-state index < -0.39 is 5.97 Å². The van der Waals surface area contributed by atoms with Crippen LogP contribution in [0.25, 0.3) is 0 Å². The van der Waals surface area contributed by atoms with Crippen molar-refractivity contribution in [3.63, 3.8) is 0 Å². The highest BCUT2D eigenvalue weighted by molar-refractivity contribution is 5.76. The van der Waals surface area contributed by atoms with Crippen LogP contribution >= 0.6 is 0 Å². The normalized spacial score (nSPS) is 16.8. The van der Waals surface area contributed by atoms with Crippen molar-refractivity contribution < 1.29 is 14.7 Å². The molecule has 1 atom stereocenters. The summed E-state index contributed by atoms with van der Waals surface area (Å²) in [5.74, 6) is -0.133. The van der Waals surface area contributed by atoms with Gasteiger partial charge in [0.25, 0.3) is 0 Å². The molecule has 1 saturated carbocycles. The lowest BCUT2D eigenvalue weighted by Gasteiger charge is -2.33. The Bertz CT molecular complexity index is 314. The number of carboxylic acids is 1. The van der Waals surface area contributed by atoms with Crippen LogP contribution in [0, 0.1) is 11.8 Å². The van der Waals surface area contributed by atoms with Crippen molar-refractivity contribution in [1.82, 2.24) is 10.2 Å². The molecule has 19 heavy (non-hydrogen) atoms. The number of urea groups is 1. The Morgan fingerprint density at radius 1 is 1.37 bits per heavy atom. The van der Waals surface area contributed by atoms with Gasteiger partial charge in [-0.15, -0.1) is 0 Å². The van der Waals surface area contributed by atoms with Crippen molar-refractivity contribution in [2.24, 2.45) is 11.8 Å². The Balaban J connectivity index is 2.49. The minimum atomic E-state index is -0.874. The first-order valence-electron chi connectivity index (χ1n) is 7.21. The van der Waals surface area contributed by atoms with E-state index in [1.165, 1.54) is 19.3 Å². The molecule has 110 valence electrons. The highest BCUT2D eigenvalue weighted by Crippen LogP contribution is 2.27. The van der Waals surface area contributed by atoms with Crippen molar-refractivity contribution in [2.45, 2.75) is 52.5 Å². The zero-order valence-electron chi connectivity index (χ0n) is 12.2. The van der Waals surface area contributed by atoms with Gasteiger partial charge in [0.15, 0.2) is 0 Å². The van der Waals surface area contributed by atoms with Crippen LogP contribution in [-0.2, 0) is 4.79 Å². The van der Waals surface area contributed by atoms with Crippen molar-refractivity contribution in [3.8, 4) is 0 Å². The third-order valence-electron chi connectivity index (χ3n) is 3.88. The van der Waals surface area contributed by atoms with E-state index in [4.69, 9.17) is 5.11 Å². The Kier molecular flexibility index (Phi) is 6.12. The van der Waals surface area contributed by atoms with E-state index in [-0.39, 0.29) is 24.4 Å². The van der Waals surface area contributed by atoms with Crippen LogP contribution in [0.4, 0.5) is 4.79 Å². The molecule has 0 aromatic heterocycles. The van der Waals surface area contributed by atoms with Gasteiger partial charge in [-0.25, -0.2) is 4.79 Å². The van der Waals surface area contributed by atoms with Crippen LogP contribution in [0.5, 0.6) is 0 Å². The number of carboxylic acid groups (broad SMARTS) is 1. The molecule has 1 aliphatic rings. The average molecular weight is 270 g/mol. The highest BCUT2D eigenvalue weighted by Gasteiger charge is 2.25. The van der Waals surface area contributed by atoms with Gasteiger partial charge in [0.2, 0.25) is 0 Å². The number of nitrogens with zero attached hydrogens (tertiary/aromatic N) is 1. The summed E-state index contributed by atoms with van der Waals surface area (Å²) in [5, 5.41) is 11.7. The molecule has 0 aromatic rings. The van der Waals surface area contributed by atoms with Crippen molar-refractivity contribution >= 4 is 12.0 Å². The van der Waals surface area contributed by atoms with Gasteiger partial charge in [-0.05, 0) is 31.6 Å². The molecular weight excluding hydrogens is 244 g/mol. The smallest absolute Gasteiger partial charge is 0.317 e. The van der Waals surface area contributed by atoms with Crippen LogP contribution in [0.3, 0.4) is 0 Å². The van der Waals surface area contributed by atoms with Crippen LogP contribution < -0.4 is 5.32 Å². The van der Waals surface area contributed by atoms with E-state index >= 15 is 0 Å². The molecular formula is C14H26N2O3. The van der Waals surface area contributed by atoms with Gasteiger partial charge in [0, 0.05) is 19.1 Å². The quantitative estimate of drug-likeness (QED) is 0.746. The summed E-state index contributed by atoms with van der Waals surface area (Å²) >= 11 is 0. The molecule has 5 heteroatoms. The van der Waals surface area contributed by atoms with E-state index in [1.807, 2.05) is 20.8 Å². The van der Waals surface area contributed by atoms with Crippen molar-refractivity contribution in [1.29, 1.82) is 0 Å². The Morgan fingerprint density at radius 3 is 2.37 bits per heavy atom. The first kappa shape index (κ1) is 15.8. The fourth-order valence-corrected chi connectivity index (χ4v) is 2.23. The Morgan fingerprint density at radius 2 is 2.00 bits per heavy atom. The number of aliphatic carboxylic acids is 1. The lowest BCUT2D eigenvalue weighted by molar-refractivity contribution is -0.137. The molecule has 0 bridgehead atoms. The number of nitrogens with one attached hydrogen (secondary N) is 1. The molecule has 2 amide bonds. The van der Waals surface area contributed by atoms with Gasteiger partial charge in [-0.1, -0.05) is 20.3 Å².